The maximum Gasteiger partial charge on any atom is 0.261 e. The van der Waals surface area contributed by atoms with E-state index in [0.717, 1.165) is 0 Å². The molecule has 0 unspecified atom stereocenters. The van der Waals surface area contributed by atoms with Gasteiger partial charge >= 0.3 is 0 Å². The Hall–Kier alpha value is -0.460. The van der Waals surface area contributed by atoms with Crippen LogP contribution in [-0.2, 0) is 43.9 Å². The SMILES string of the molecule is CS(=O)(=O)O.CS(=O)(=O)O.OCCOCCOCCOCCOCCOCCO. The largest absolute Gasteiger partial charge is 0.394 e. The van der Waals surface area contributed by atoms with Crippen LogP contribution in [0.15, 0.2) is 0 Å². The average molecular weight is 475 g/mol. The summed E-state index contributed by atoms with van der Waals surface area (Å²) < 4.78 is 77.5. The number of ether oxygens (including phenoxy) is 5. The fourth-order valence-corrected chi connectivity index (χ4v) is 1.11. The predicted octanol–water partition coefficient (Wildman–Crippen LogP) is -1.94. The van der Waals surface area contributed by atoms with E-state index in [4.69, 9.17) is 43.0 Å². The van der Waals surface area contributed by atoms with Crippen molar-refractivity contribution in [2.45, 2.75) is 0 Å². The van der Waals surface area contributed by atoms with Crippen LogP contribution in [0.4, 0.5) is 0 Å². The first-order chi connectivity index (χ1) is 13.4. The molecule has 0 aliphatic rings. The summed E-state index contributed by atoms with van der Waals surface area (Å²) >= 11 is 0. The lowest BCUT2D eigenvalue weighted by atomic mass is 10.7. The molecule has 0 aliphatic heterocycles. The molecule has 4 N–H and O–H groups in total. The van der Waals surface area contributed by atoms with Crippen molar-refractivity contribution < 1.29 is 59.8 Å². The van der Waals surface area contributed by atoms with Crippen LogP contribution < -0.4 is 0 Å². The molecule has 0 heterocycles. The van der Waals surface area contributed by atoms with Gasteiger partial charge in [0.2, 0.25) is 0 Å². The molecule has 15 heteroatoms. The third-order valence-electron chi connectivity index (χ3n) is 1.96. The summed E-state index contributed by atoms with van der Waals surface area (Å²) in [5.41, 5.74) is 0. The highest BCUT2D eigenvalue weighted by atomic mass is 32.2. The summed E-state index contributed by atoms with van der Waals surface area (Å²) in [5.74, 6) is 0. The second kappa shape index (κ2) is 23.8. The molecule has 0 saturated carbocycles. The second-order valence-electron chi connectivity index (χ2n) is 4.98. The molecule has 0 amide bonds. The Bertz CT molecular complexity index is 446. The van der Waals surface area contributed by atoms with Crippen molar-refractivity contribution in [3.8, 4) is 0 Å². The molecule has 13 nitrogen and oxygen atoms in total. The van der Waals surface area contributed by atoms with E-state index in [-0.39, 0.29) is 13.2 Å². The lowest BCUT2D eigenvalue weighted by molar-refractivity contribution is -0.0151. The lowest BCUT2D eigenvalue weighted by Gasteiger charge is -2.07. The minimum atomic E-state index is -3.67. The zero-order valence-electron chi connectivity index (χ0n) is 16.8. The van der Waals surface area contributed by atoms with Crippen molar-refractivity contribution >= 4 is 20.2 Å². The summed E-state index contributed by atoms with van der Waals surface area (Å²) in [6, 6.07) is 0. The van der Waals surface area contributed by atoms with E-state index in [9.17, 15) is 16.8 Å². The number of hydrogen-bond donors (Lipinski definition) is 4. The molecule has 0 rings (SSSR count). The van der Waals surface area contributed by atoms with Gasteiger partial charge in [0.25, 0.3) is 20.2 Å². The highest BCUT2D eigenvalue weighted by molar-refractivity contribution is 7.85. The van der Waals surface area contributed by atoms with Gasteiger partial charge in [0, 0.05) is 0 Å². The van der Waals surface area contributed by atoms with Gasteiger partial charge in [-0.2, -0.15) is 16.8 Å². The molecular formula is C14H34O13S2. The molecule has 0 saturated heterocycles. The van der Waals surface area contributed by atoms with Gasteiger partial charge < -0.3 is 33.9 Å². The minimum absolute atomic E-state index is 0.0359. The van der Waals surface area contributed by atoms with Crippen molar-refractivity contribution in [2.24, 2.45) is 0 Å². The molecule has 0 aromatic carbocycles. The fraction of sp³-hybridized carbons (Fsp3) is 1.00. The zero-order valence-corrected chi connectivity index (χ0v) is 18.4. The van der Waals surface area contributed by atoms with Gasteiger partial charge in [-0.1, -0.05) is 0 Å². The van der Waals surface area contributed by atoms with E-state index >= 15 is 0 Å². The van der Waals surface area contributed by atoms with Crippen LogP contribution in [0.5, 0.6) is 0 Å². The van der Waals surface area contributed by atoms with Gasteiger partial charge in [-0.15, -0.1) is 0 Å². The Morgan fingerprint density at radius 3 is 0.759 bits per heavy atom. The summed E-state index contributed by atoms with van der Waals surface area (Å²) in [7, 11) is -7.33. The van der Waals surface area contributed by atoms with E-state index in [1.54, 1.807) is 0 Å². The van der Waals surface area contributed by atoms with Gasteiger partial charge in [0.15, 0.2) is 0 Å². The topological polar surface area (TPSA) is 195 Å². The maximum atomic E-state index is 9.19. The molecule has 29 heavy (non-hydrogen) atoms. The van der Waals surface area contributed by atoms with Crippen molar-refractivity contribution in [1.29, 1.82) is 0 Å². The summed E-state index contributed by atoms with van der Waals surface area (Å²) in [5, 5.41) is 16.9. The van der Waals surface area contributed by atoms with E-state index < -0.39 is 20.2 Å². The molecule has 0 aromatic heterocycles. The van der Waals surface area contributed by atoms with Gasteiger partial charge in [-0.3, -0.25) is 9.11 Å². The van der Waals surface area contributed by atoms with Crippen LogP contribution in [0, 0.1) is 0 Å². The third kappa shape index (κ3) is 74.4. The quantitative estimate of drug-likeness (QED) is 0.143. The Labute approximate surface area is 172 Å². The Kier molecular flexibility index (Phi) is 27.3. The van der Waals surface area contributed by atoms with Crippen LogP contribution in [0.3, 0.4) is 0 Å². The number of aliphatic hydroxyl groups excluding tert-OH is 2. The highest BCUT2D eigenvalue weighted by Crippen LogP contribution is 1.83. The van der Waals surface area contributed by atoms with E-state index in [0.29, 0.717) is 78.6 Å². The molecule has 0 radical (unpaired) electrons. The fourth-order valence-electron chi connectivity index (χ4n) is 1.11. The van der Waals surface area contributed by atoms with Crippen molar-refractivity contribution in [3.05, 3.63) is 0 Å². The number of aliphatic hydroxyl groups is 2. The Morgan fingerprint density at radius 1 is 0.483 bits per heavy atom. The normalized spacial score (nSPS) is 11.2. The summed E-state index contributed by atoms with van der Waals surface area (Å²) in [6.07, 6.45) is 1.43. The third-order valence-corrected chi connectivity index (χ3v) is 1.96. The van der Waals surface area contributed by atoms with Crippen LogP contribution in [0.2, 0.25) is 0 Å². The second-order valence-corrected chi connectivity index (χ2v) is 7.91. The zero-order chi connectivity index (χ0) is 23.0. The van der Waals surface area contributed by atoms with Crippen molar-refractivity contribution in [3.63, 3.8) is 0 Å². The molecule has 0 aromatic rings. The molecule has 0 aliphatic carbocycles. The van der Waals surface area contributed by atoms with Crippen molar-refractivity contribution in [1.82, 2.24) is 0 Å². The molecule has 0 fully saturated rings. The molecule has 180 valence electrons. The molecular weight excluding hydrogens is 440 g/mol. The van der Waals surface area contributed by atoms with Crippen LogP contribution in [0.25, 0.3) is 0 Å². The molecule has 0 bridgehead atoms. The number of rotatable bonds is 16. The maximum absolute atomic E-state index is 9.19. The summed E-state index contributed by atoms with van der Waals surface area (Å²) in [6.45, 7) is 4.80. The van der Waals surface area contributed by atoms with Gasteiger partial charge in [0.05, 0.1) is 91.8 Å². The predicted molar refractivity (Wildman–Crippen MR) is 103 cm³/mol. The minimum Gasteiger partial charge on any atom is -0.394 e. The Morgan fingerprint density at radius 2 is 0.621 bits per heavy atom. The number of hydrogen-bond acceptors (Lipinski definition) is 11. The smallest absolute Gasteiger partial charge is 0.261 e. The summed E-state index contributed by atoms with van der Waals surface area (Å²) in [4.78, 5) is 0. The van der Waals surface area contributed by atoms with E-state index in [1.807, 2.05) is 0 Å². The van der Waals surface area contributed by atoms with Crippen molar-refractivity contribution in [2.75, 3.05) is 91.8 Å². The molecule has 0 atom stereocenters. The average Bonchev–Trinajstić information content (AvgIpc) is 2.55. The van der Waals surface area contributed by atoms with E-state index in [1.165, 1.54) is 0 Å². The standard InChI is InChI=1S/C12H26O7.2CH4O3S/c13-1-3-15-5-7-17-9-11-19-12-10-18-8-6-16-4-2-14;2*1-5(2,3)4/h13-14H,1-12H2;2*1H3,(H,2,3,4). The monoisotopic (exact) mass is 474 g/mol. The van der Waals surface area contributed by atoms with Crippen LogP contribution in [0.1, 0.15) is 0 Å². The van der Waals surface area contributed by atoms with Crippen LogP contribution >= 0.6 is 0 Å². The highest BCUT2D eigenvalue weighted by Gasteiger charge is 1.93. The molecule has 0 spiro atoms. The van der Waals surface area contributed by atoms with Gasteiger partial charge in [-0.25, -0.2) is 0 Å². The lowest BCUT2D eigenvalue weighted by Crippen LogP contribution is -2.14. The Balaban J connectivity index is -0.000000555. The van der Waals surface area contributed by atoms with Crippen LogP contribution in [-0.4, -0.2) is 128 Å². The van der Waals surface area contributed by atoms with Gasteiger partial charge in [0.1, 0.15) is 0 Å². The van der Waals surface area contributed by atoms with E-state index in [2.05, 4.69) is 0 Å². The first kappa shape index (κ1) is 33.2. The first-order valence-corrected chi connectivity index (χ1v) is 12.1. The van der Waals surface area contributed by atoms with Gasteiger partial charge in [-0.05, 0) is 0 Å². The first-order valence-electron chi connectivity index (χ1n) is 8.37.